The summed E-state index contributed by atoms with van der Waals surface area (Å²) in [5.41, 5.74) is 6.69. The van der Waals surface area contributed by atoms with Crippen LogP contribution in [0.15, 0.2) is 24.3 Å². The van der Waals surface area contributed by atoms with Gasteiger partial charge in [0.1, 0.15) is 5.75 Å². The van der Waals surface area contributed by atoms with Crippen molar-refractivity contribution in [2.75, 3.05) is 13.2 Å². The van der Waals surface area contributed by atoms with Gasteiger partial charge in [0.05, 0.1) is 18.6 Å². The van der Waals surface area contributed by atoms with E-state index in [1.54, 1.807) is 0 Å². The summed E-state index contributed by atoms with van der Waals surface area (Å²) in [4.78, 5) is 12.0. The third-order valence-corrected chi connectivity index (χ3v) is 3.91. The molecule has 0 aliphatic heterocycles. The molecule has 1 aromatic carbocycles. The van der Waals surface area contributed by atoms with E-state index in [2.05, 4.69) is 5.32 Å². The predicted octanol–water partition coefficient (Wildman–Crippen LogP) is 2.43. The summed E-state index contributed by atoms with van der Waals surface area (Å²) in [5.74, 6) is 1.35. The molecule has 21 heavy (non-hydrogen) atoms. The van der Waals surface area contributed by atoms with E-state index in [0.29, 0.717) is 25.5 Å². The second kappa shape index (κ2) is 7.66. The molecular weight excluding hydrogens is 288 g/mol. The standard InChI is InChI=1S/C16H24N2O2.ClH/c1-12-4-3-5-14(10-12)20-9-8-15(19)18-16(2,11-17)13-6-7-13;/h3-5,10,13H,6-9,11,17H2,1-2H3,(H,18,19);1H. The van der Waals surface area contributed by atoms with Crippen molar-refractivity contribution in [3.05, 3.63) is 29.8 Å². The fraction of sp³-hybridized carbons (Fsp3) is 0.562. The maximum atomic E-state index is 12.0. The Kier molecular flexibility index (Phi) is 6.49. The summed E-state index contributed by atoms with van der Waals surface area (Å²) in [7, 11) is 0. The van der Waals surface area contributed by atoms with E-state index in [4.69, 9.17) is 10.5 Å². The number of rotatable bonds is 7. The number of hydrogen-bond donors (Lipinski definition) is 2. The highest BCUT2D eigenvalue weighted by molar-refractivity contribution is 5.85. The Morgan fingerprint density at radius 3 is 2.76 bits per heavy atom. The summed E-state index contributed by atoms with van der Waals surface area (Å²) < 4.78 is 5.59. The lowest BCUT2D eigenvalue weighted by atomic mass is 9.96. The van der Waals surface area contributed by atoms with Gasteiger partial charge in [0.2, 0.25) is 5.91 Å². The van der Waals surface area contributed by atoms with Gasteiger partial charge in [-0.3, -0.25) is 4.79 Å². The average Bonchev–Trinajstić information content (AvgIpc) is 3.23. The van der Waals surface area contributed by atoms with Gasteiger partial charge in [0.15, 0.2) is 0 Å². The van der Waals surface area contributed by atoms with Crippen molar-refractivity contribution in [3.63, 3.8) is 0 Å². The zero-order valence-corrected chi connectivity index (χ0v) is 13.5. The SMILES string of the molecule is Cc1cccc(OCCC(=O)NC(C)(CN)C2CC2)c1.Cl. The van der Waals surface area contributed by atoms with E-state index in [1.807, 2.05) is 38.1 Å². The van der Waals surface area contributed by atoms with Gasteiger partial charge in [0, 0.05) is 6.54 Å². The maximum absolute atomic E-state index is 12.0. The summed E-state index contributed by atoms with van der Waals surface area (Å²) in [6, 6.07) is 7.83. The molecule has 118 valence electrons. The number of nitrogens with two attached hydrogens (primary N) is 1. The highest BCUT2D eigenvalue weighted by Crippen LogP contribution is 2.38. The first kappa shape index (κ1) is 17.8. The molecule has 1 unspecified atom stereocenters. The molecule has 0 spiro atoms. The van der Waals surface area contributed by atoms with Crippen LogP contribution in [-0.4, -0.2) is 24.6 Å². The number of ether oxygens (including phenoxy) is 1. The first-order chi connectivity index (χ1) is 9.53. The normalized spacial score (nSPS) is 16.5. The zero-order chi connectivity index (χ0) is 14.6. The lowest BCUT2D eigenvalue weighted by Gasteiger charge is -2.29. The molecule has 1 amide bonds. The van der Waals surface area contributed by atoms with Crippen LogP contribution in [0.5, 0.6) is 5.75 Å². The average molecular weight is 313 g/mol. The second-order valence-corrected chi connectivity index (χ2v) is 5.86. The van der Waals surface area contributed by atoms with Crippen LogP contribution in [-0.2, 0) is 4.79 Å². The van der Waals surface area contributed by atoms with Gasteiger partial charge in [-0.1, -0.05) is 12.1 Å². The van der Waals surface area contributed by atoms with Crippen LogP contribution < -0.4 is 15.8 Å². The smallest absolute Gasteiger partial charge is 0.223 e. The lowest BCUT2D eigenvalue weighted by molar-refractivity contribution is -0.123. The van der Waals surface area contributed by atoms with Crippen LogP contribution >= 0.6 is 12.4 Å². The van der Waals surface area contributed by atoms with Crippen molar-refractivity contribution in [2.24, 2.45) is 11.7 Å². The van der Waals surface area contributed by atoms with Crippen LogP contribution in [0.4, 0.5) is 0 Å². The largest absolute Gasteiger partial charge is 0.493 e. The van der Waals surface area contributed by atoms with Crippen LogP contribution in [0.3, 0.4) is 0 Å². The number of aryl methyl sites for hydroxylation is 1. The van der Waals surface area contributed by atoms with E-state index in [9.17, 15) is 4.79 Å². The van der Waals surface area contributed by atoms with Crippen molar-refractivity contribution >= 4 is 18.3 Å². The van der Waals surface area contributed by atoms with Gasteiger partial charge in [-0.15, -0.1) is 12.4 Å². The quantitative estimate of drug-likeness (QED) is 0.812. The molecule has 1 fully saturated rings. The maximum Gasteiger partial charge on any atom is 0.223 e. The van der Waals surface area contributed by atoms with E-state index < -0.39 is 0 Å². The Morgan fingerprint density at radius 1 is 1.48 bits per heavy atom. The highest BCUT2D eigenvalue weighted by atomic mass is 35.5. The van der Waals surface area contributed by atoms with Gasteiger partial charge >= 0.3 is 0 Å². The first-order valence-electron chi connectivity index (χ1n) is 7.24. The number of amides is 1. The van der Waals surface area contributed by atoms with E-state index in [-0.39, 0.29) is 23.9 Å². The molecule has 4 nitrogen and oxygen atoms in total. The zero-order valence-electron chi connectivity index (χ0n) is 12.7. The third kappa shape index (κ3) is 5.21. The van der Waals surface area contributed by atoms with Crippen LogP contribution in [0, 0.1) is 12.8 Å². The Labute approximate surface area is 132 Å². The van der Waals surface area contributed by atoms with Crippen molar-refractivity contribution in [1.82, 2.24) is 5.32 Å². The predicted molar refractivity (Wildman–Crippen MR) is 86.9 cm³/mol. The molecule has 1 aliphatic rings. The molecule has 5 heteroatoms. The Morgan fingerprint density at radius 2 is 2.19 bits per heavy atom. The van der Waals surface area contributed by atoms with Crippen molar-refractivity contribution < 1.29 is 9.53 Å². The Balaban J connectivity index is 0.00000220. The summed E-state index contributed by atoms with van der Waals surface area (Å²) >= 11 is 0. The van der Waals surface area contributed by atoms with Gasteiger partial charge in [-0.05, 0) is 50.3 Å². The van der Waals surface area contributed by atoms with Gasteiger partial charge in [-0.25, -0.2) is 0 Å². The molecule has 0 heterocycles. The lowest BCUT2D eigenvalue weighted by Crippen LogP contribution is -2.53. The molecule has 0 saturated heterocycles. The number of carbonyl (C=O) groups is 1. The number of halogens is 1. The second-order valence-electron chi connectivity index (χ2n) is 5.86. The molecule has 0 bridgehead atoms. The number of nitrogens with one attached hydrogen (secondary N) is 1. The molecule has 1 saturated carbocycles. The minimum atomic E-state index is -0.250. The first-order valence-corrected chi connectivity index (χ1v) is 7.24. The van der Waals surface area contributed by atoms with E-state index >= 15 is 0 Å². The van der Waals surface area contributed by atoms with Crippen LogP contribution in [0.2, 0.25) is 0 Å². The third-order valence-electron chi connectivity index (χ3n) is 3.91. The number of carbonyl (C=O) groups excluding carboxylic acids is 1. The van der Waals surface area contributed by atoms with Crippen molar-refractivity contribution in [2.45, 2.75) is 38.6 Å². The Hall–Kier alpha value is -1.26. The molecule has 1 aromatic rings. The number of hydrogen-bond acceptors (Lipinski definition) is 3. The highest BCUT2D eigenvalue weighted by Gasteiger charge is 2.41. The van der Waals surface area contributed by atoms with Gasteiger partial charge in [-0.2, -0.15) is 0 Å². The van der Waals surface area contributed by atoms with Crippen molar-refractivity contribution in [3.8, 4) is 5.75 Å². The minimum Gasteiger partial charge on any atom is -0.493 e. The van der Waals surface area contributed by atoms with Crippen molar-refractivity contribution in [1.29, 1.82) is 0 Å². The van der Waals surface area contributed by atoms with E-state index in [1.165, 1.54) is 0 Å². The monoisotopic (exact) mass is 312 g/mol. The van der Waals surface area contributed by atoms with Crippen LogP contribution in [0.1, 0.15) is 31.7 Å². The minimum absolute atomic E-state index is 0. The topological polar surface area (TPSA) is 64.3 Å². The fourth-order valence-electron chi connectivity index (χ4n) is 2.39. The van der Waals surface area contributed by atoms with Crippen LogP contribution in [0.25, 0.3) is 0 Å². The molecule has 1 aliphatic carbocycles. The Bertz CT molecular complexity index is 477. The summed E-state index contributed by atoms with van der Waals surface area (Å²) in [5, 5.41) is 3.06. The molecule has 0 radical (unpaired) electrons. The molecule has 0 aromatic heterocycles. The van der Waals surface area contributed by atoms with Gasteiger partial charge < -0.3 is 15.8 Å². The molecular formula is C16H25ClN2O2. The van der Waals surface area contributed by atoms with Gasteiger partial charge in [0.25, 0.3) is 0 Å². The molecule has 3 N–H and O–H groups in total. The summed E-state index contributed by atoms with van der Waals surface area (Å²) in [6.45, 7) is 4.93. The van der Waals surface area contributed by atoms with E-state index in [0.717, 1.165) is 24.2 Å². The molecule has 1 atom stereocenters. The number of benzene rings is 1. The fourth-order valence-corrected chi connectivity index (χ4v) is 2.39. The summed E-state index contributed by atoms with van der Waals surface area (Å²) in [6.07, 6.45) is 2.68. The molecule has 2 rings (SSSR count).